The average Bonchev–Trinajstić information content (AvgIpc) is 2.30. The molecule has 0 heterocycles. The van der Waals surface area contributed by atoms with Crippen molar-refractivity contribution in [2.75, 3.05) is 0 Å². The van der Waals surface area contributed by atoms with Crippen molar-refractivity contribution >= 4 is 33.2 Å². The second-order valence-electron chi connectivity index (χ2n) is 4.01. The highest BCUT2D eigenvalue weighted by Crippen LogP contribution is 2.41. The van der Waals surface area contributed by atoms with E-state index in [0.29, 0.717) is 0 Å². The molecule has 0 aromatic heterocycles. The van der Waals surface area contributed by atoms with E-state index in [0.717, 1.165) is 19.9 Å². The van der Waals surface area contributed by atoms with Crippen molar-refractivity contribution in [2.24, 2.45) is 0 Å². The predicted octanol–water partition coefficient (Wildman–Crippen LogP) is 2.99. The lowest BCUT2D eigenvalue weighted by atomic mass is 10.1. The number of nitrogens with zero attached hydrogens (tertiary/aromatic N) is 1. The Balaban J connectivity index is 3.75. The molecule has 0 bridgehead atoms. The molecule has 0 aliphatic carbocycles. The highest BCUT2D eigenvalue weighted by molar-refractivity contribution is 7.88. The summed E-state index contributed by atoms with van der Waals surface area (Å²) in [6.07, 6.45) is 0. The summed E-state index contributed by atoms with van der Waals surface area (Å²) in [5.41, 5.74) is -8.05. The lowest BCUT2D eigenvalue weighted by molar-refractivity contribution is -0.386. The van der Waals surface area contributed by atoms with E-state index < -0.39 is 43.3 Å². The number of Topliss-reactive ketones (excluding diaryl/α,β-unsaturated/α-hetero) is 1. The Morgan fingerprint density at radius 3 is 2.27 bits per heavy atom. The van der Waals surface area contributed by atoms with Gasteiger partial charge in [0.25, 0.3) is 0 Å². The number of halogens is 4. The van der Waals surface area contributed by atoms with Crippen LogP contribution in [0.2, 0.25) is 5.02 Å². The van der Waals surface area contributed by atoms with Gasteiger partial charge < -0.3 is 4.18 Å². The molecule has 0 spiro atoms. The lowest BCUT2D eigenvalue weighted by Gasteiger charge is -2.13. The zero-order valence-corrected chi connectivity index (χ0v) is 12.5. The molecule has 0 unspecified atom stereocenters. The van der Waals surface area contributed by atoms with Crippen LogP contribution in [0.1, 0.15) is 22.8 Å². The fourth-order valence-electron chi connectivity index (χ4n) is 1.43. The Labute approximate surface area is 126 Å². The summed E-state index contributed by atoms with van der Waals surface area (Å²) in [7, 11) is -6.19. The first-order chi connectivity index (χ1) is 9.79. The van der Waals surface area contributed by atoms with Crippen molar-refractivity contribution in [3.05, 3.63) is 32.3 Å². The van der Waals surface area contributed by atoms with Gasteiger partial charge in [-0.1, -0.05) is 11.6 Å². The van der Waals surface area contributed by atoms with E-state index in [-0.39, 0.29) is 10.6 Å². The monoisotopic (exact) mass is 361 g/mol. The van der Waals surface area contributed by atoms with Gasteiger partial charge in [-0.2, -0.15) is 21.6 Å². The number of nitro groups is 1. The highest BCUT2D eigenvalue weighted by Gasteiger charge is 2.50. The highest BCUT2D eigenvalue weighted by atomic mass is 35.5. The van der Waals surface area contributed by atoms with E-state index in [1.807, 2.05) is 0 Å². The molecule has 0 fully saturated rings. The van der Waals surface area contributed by atoms with Crippen molar-refractivity contribution < 1.29 is 35.5 Å². The van der Waals surface area contributed by atoms with Crippen LogP contribution in [0, 0.1) is 17.0 Å². The van der Waals surface area contributed by atoms with E-state index in [1.54, 1.807) is 0 Å². The number of alkyl halides is 3. The summed E-state index contributed by atoms with van der Waals surface area (Å²) >= 11 is 5.66. The minimum atomic E-state index is -6.19. The number of ketones is 1. The molecule has 0 saturated carbocycles. The van der Waals surface area contributed by atoms with Crippen molar-refractivity contribution in [3.8, 4) is 5.75 Å². The zero-order valence-electron chi connectivity index (χ0n) is 10.9. The number of hydrogen-bond donors (Lipinski definition) is 0. The topological polar surface area (TPSA) is 104 Å². The summed E-state index contributed by atoms with van der Waals surface area (Å²) in [6.45, 7) is 1.93. The van der Waals surface area contributed by atoms with E-state index in [2.05, 4.69) is 4.18 Å². The third-order valence-electron chi connectivity index (χ3n) is 2.48. The quantitative estimate of drug-likeness (QED) is 0.268. The molecule has 0 amide bonds. The molecule has 0 atom stereocenters. The van der Waals surface area contributed by atoms with Crippen LogP contribution in [0.4, 0.5) is 18.9 Å². The van der Waals surface area contributed by atoms with Crippen LogP contribution in [0.5, 0.6) is 5.75 Å². The second kappa shape index (κ2) is 5.72. The maximum Gasteiger partial charge on any atom is 0.534 e. The van der Waals surface area contributed by atoms with Crippen molar-refractivity contribution in [2.45, 2.75) is 19.4 Å². The van der Waals surface area contributed by atoms with Crippen LogP contribution >= 0.6 is 11.6 Å². The molecule has 0 aliphatic rings. The third-order valence-corrected chi connectivity index (χ3v) is 3.83. The number of carbonyl (C=O) groups is 1. The molecule has 1 aromatic rings. The molecule has 122 valence electrons. The second-order valence-corrected chi connectivity index (χ2v) is 5.95. The lowest BCUT2D eigenvalue weighted by Crippen LogP contribution is -2.29. The maximum absolute atomic E-state index is 12.4. The molecule has 0 saturated heterocycles. The Hall–Kier alpha value is -1.88. The Morgan fingerprint density at radius 1 is 1.41 bits per heavy atom. The smallest absolute Gasteiger partial charge is 0.368 e. The third kappa shape index (κ3) is 3.30. The molecule has 22 heavy (non-hydrogen) atoms. The number of nitro benzene ring substituents is 1. The van der Waals surface area contributed by atoms with Gasteiger partial charge in [-0.3, -0.25) is 14.9 Å². The Morgan fingerprint density at radius 2 is 1.91 bits per heavy atom. The van der Waals surface area contributed by atoms with Crippen LogP contribution in [0.25, 0.3) is 0 Å². The summed E-state index contributed by atoms with van der Waals surface area (Å²) in [6, 6.07) is 0.799. The minimum absolute atomic E-state index is 0.298. The van der Waals surface area contributed by atoms with Crippen LogP contribution in [-0.4, -0.2) is 24.6 Å². The van der Waals surface area contributed by atoms with Gasteiger partial charge in [0, 0.05) is 5.56 Å². The zero-order chi connectivity index (χ0) is 17.5. The maximum atomic E-state index is 12.4. The van der Waals surface area contributed by atoms with Gasteiger partial charge in [-0.15, -0.1) is 0 Å². The largest absolute Gasteiger partial charge is 0.534 e. The number of carbonyl (C=O) groups excluding carboxylic acids is 1. The van der Waals surface area contributed by atoms with Crippen LogP contribution in [0.3, 0.4) is 0 Å². The summed E-state index contributed by atoms with van der Waals surface area (Å²) in [5, 5.41) is 10.7. The molecule has 1 aromatic carbocycles. The summed E-state index contributed by atoms with van der Waals surface area (Å²) in [4.78, 5) is 21.2. The van der Waals surface area contributed by atoms with Gasteiger partial charge in [0.05, 0.1) is 15.5 Å². The van der Waals surface area contributed by atoms with E-state index in [1.165, 1.54) is 0 Å². The number of rotatable bonds is 4. The van der Waals surface area contributed by atoms with Gasteiger partial charge in [-0.25, -0.2) is 0 Å². The molecule has 1 rings (SSSR count). The van der Waals surface area contributed by atoms with Crippen LogP contribution < -0.4 is 4.18 Å². The fraction of sp³-hybridized carbons (Fsp3) is 0.300. The van der Waals surface area contributed by atoms with Gasteiger partial charge in [0.1, 0.15) is 0 Å². The molecule has 12 heteroatoms. The minimum Gasteiger partial charge on any atom is -0.368 e. The van der Waals surface area contributed by atoms with Crippen molar-refractivity contribution in [1.29, 1.82) is 0 Å². The summed E-state index contributed by atoms with van der Waals surface area (Å²) < 4.78 is 63.0. The van der Waals surface area contributed by atoms with Crippen molar-refractivity contribution in [3.63, 3.8) is 0 Å². The Bertz CT molecular complexity index is 759. The first kappa shape index (κ1) is 18.2. The first-order valence-electron chi connectivity index (χ1n) is 5.28. The fourth-order valence-corrected chi connectivity index (χ4v) is 2.12. The molecular formula is C10H7ClF3NO6S. The van der Waals surface area contributed by atoms with Crippen molar-refractivity contribution in [1.82, 2.24) is 0 Å². The van der Waals surface area contributed by atoms with E-state index in [4.69, 9.17) is 11.6 Å². The molecular weight excluding hydrogens is 355 g/mol. The van der Waals surface area contributed by atoms with E-state index in [9.17, 15) is 36.5 Å². The van der Waals surface area contributed by atoms with Crippen LogP contribution in [0.15, 0.2) is 6.07 Å². The van der Waals surface area contributed by atoms with Gasteiger partial charge in [0.2, 0.25) is 5.75 Å². The average molecular weight is 362 g/mol. The number of benzene rings is 1. The SMILES string of the molecule is CC(=O)c1cc(Cl)c(C)c([N+](=O)[O-])c1OS(=O)(=O)C(F)(F)F. The standard InChI is InChI=1S/C10H7ClF3NO6S/c1-4-7(11)3-6(5(2)16)9(8(4)15(17)18)21-22(19,20)10(12,13)14/h3H,1-2H3. The Kier molecular flexibility index (Phi) is 4.73. The molecule has 0 aliphatic heterocycles. The van der Waals surface area contributed by atoms with Crippen LogP contribution in [-0.2, 0) is 10.1 Å². The molecule has 7 nitrogen and oxygen atoms in total. The van der Waals surface area contributed by atoms with Gasteiger partial charge in [0.15, 0.2) is 5.78 Å². The summed E-state index contributed by atoms with van der Waals surface area (Å²) in [5.74, 6) is -2.28. The number of hydrogen-bond acceptors (Lipinski definition) is 6. The van der Waals surface area contributed by atoms with E-state index >= 15 is 0 Å². The normalized spacial score (nSPS) is 12.1. The predicted molar refractivity (Wildman–Crippen MR) is 68.5 cm³/mol. The van der Waals surface area contributed by atoms with Gasteiger partial charge >= 0.3 is 21.3 Å². The molecule has 0 N–H and O–H groups in total. The molecule has 0 radical (unpaired) electrons. The first-order valence-corrected chi connectivity index (χ1v) is 7.07. The van der Waals surface area contributed by atoms with Gasteiger partial charge in [-0.05, 0) is 19.9 Å².